The summed E-state index contributed by atoms with van der Waals surface area (Å²) < 4.78 is 25.4. The zero-order valence-corrected chi connectivity index (χ0v) is 12.9. The summed E-state index contributed by atoms with van der Waals surface area (Å²) >= 11 is 6.04. The minimum atomic E-state index is -3.38. The standard InChI is InChI=1S/C14H16ClN3O2S/c15-14-12-2-1-3-13(11(12)4-6-17-14)21(19,20)9-10-5-7-18(16)8-10/h1-4,6,10H,5,7-9,16H2. The van der Waals surface area contributed by atoms with Gasteiger partial charge in [0.1, 0.15) is 5.15 Å². The number of hydrogen-bond donors (Lipinski definition) is 1. The van der Waals surface area contributed by atoms with Gasteiger partial charge in [-0.25, -0.2) is 18.4 Å². The third kappa shape index (κ3) is 2.89. The molecule has 1 aliphatic heterocycles. The highest BCUT2D eigenvalue weighted by molar-refractivity contribution is 7.91. The van der Waals surface area contributed by atoms with Gasteiger partial charge in [-0.05, 0) is 24.5 Å². The van der Waals surface area contributed by atoms with E-state index in [1.807, 2.05) is 0 Å². The molecule has 0 amide bonds. The van der Waals surface area contributed by atoms with E-state index in [1.54, 1.807) is 29.3 Å². The van der Waals surface area contributed by atoms with Crippen molar-refractivity contribution in [3.05, 3.63) is 35.6 Å². The quantitative estimate of drug-likeness (QED) is 0.688. The van der Waals surface area contributed by atoms with E-state index in [9.17, 15) is 8.42 Å². The maximum atomic E-state index is 12.7. The monoisotopic (exact) mass is 325 g/mol. The molecular weight excluding hydrogens is 310 g/mol. The van der Waals surface area contributed by atoms with E-state index in [2.05, 4.69) is 4.98 Å². The van der Waals surface area contributed by atoms with E-state index in [0.717, 1.165) is 13.0 Å². The summed E-state index contributed by atoms with van der Waals surface area (Å²) in [5.74, 6) is 5.89. The Morgan fingerprint density at radius 3 is 2.86 bits per heavy atom. The van der Waals surface area contributed by atoms with Crippen LogP contribution in [-0.4, -0.2) is 37.3 Å². The van der Waals surface area contributed by atoms with Gasteiger partial charge in [0.15, 0.2) is 9.84 Å². The molecule has 3 rings (SSSR count). The number of hydrazine groups is 1. The van der Waals surface area contributed by atoms with E-state index < -0.39 is 9.84 Å². The van der Waals surface area contributed by atoms with Crippen molar-refractivity contribution in [3.8, 4) is 0 Å². The van der Waals surface area contributed by atoms with Crippen molar-refractivity contribution >= 4 is 32.2 Å². The van der Waals surface area contributed by atoms with E-state index in [-0.39, 0.29) is 11.7 Å². The van der Waals surface area contributed by atoms with Gasteiger partial charge < -0.3 is 0 Å². The number of hydrogen-bond acceptors (Lipinski definition) is 5. The Balaban J connectivity index is 2.01. The molecule has 2 heterocycles. The molecular formula is C14H16ClN3O2S. The van der Waals surface area contributed by atoms with Crippen LogP contribution >= 0.6 is 11.6 Å². The molecule has 112 valence electrons. The Hall–Kier alpha value is -1.21. The summed E-state index contributed by atoms with van der Waals surface area (Å²) in [5, 5.41) is 3.27. The summed E-state index contributed by atoms with van der Waals surface area (Å²) in [6, 6.07) is 6.80. The molecule has 1 atom stereocenters. The molecule has 1 aromatic carbocycles. The van der Waals surface area contributed by atoms with E-state index in [0.29, 0.717) is 27.4 Å². The fourth-order valence-electron chi connectivity index (χ4n) is 2.81. The van der Waals surface area contributed by atoms with Crippen LogP contribution in [0.25, 0.3) is 10.8 Å². The van der Waals surface area contributed by atoms with Gasteiger partial charge in [-0.3, -0.25) is 5.84 Å². The molecule has 1 unspecified atom stereocenters. The van der Waals surface area contributed by atoms with Crippen molar-refractivity contribution in [2.45, 2.75) is 11.3 Å². The van der Waals surface area contributed by atoms with Crippen LogP contribution in [0.2, 0.25) is 5.15 Å². The van der Waals surface area contributed by atoms with Crippen LogP contribution in [0.1, 0.15) is 6.42 Å². The highest BCUT2D eigenvalue weighted by Gasteiger charge is 2.28. The third-order valence-corrected chi connectivity index (χ3v) is 6.06. The maximum Gasteiger partial charge on any atom is 0.179 e. The van der Waals surface area contributed by atoms with Gasteiger partial charge in [0.2, 0.25) is 0 Å². The van der Waals surface area contributed by atoms with Gasteiger partial charge in [0.05, 0.1) is 10.6 Å². The molecule has 1 saturated heterocycles. The number of aromatic nitrogens is 1. The number of pyridine rings is 1. The van der Waals surface area contributed by atoms with Crippen molar-refractivity contribution in [3.63, 3.8) is 0 Å². The molecule has 1 aromatic heterocycles. The third-order valence-electron chi connectivity index (χ3n) is 3.82. The van der Waals surface area contributed by atoms with Crippen LogP contribution in [0, 0.1) is 5.92 Å². The zero-order chi connectivity index (χ0) is 15.0. The van der Waals surface area contributed by atoms with Gasteiger partial charge >= 0.3 is 0 Å². The SMILES string of the molecule is NN1CCC(CS(=O)(=O)c2cccc3c(Cl)nccc23)C1. The highest BCUT2D eigenvalue weighted by Crippen LogP contribution is 2.29. The number of sulfone groups is 1. The first kappa shape index (κ1) is 14.7. The van der Waals surface area contributed by atoms with Crippen molar-refractivity contribution in [1.29, 1.82) is 0 Å². The van der Waals surface area contributed by atoms with Crippen LogP contribution in [0.3, 0.4) is 0 Å². The lowest BCUT2D eigenvalue weighted by Gasteiger charge is -2.13. The lowest BCUT2D eigenvalue weighted by molar-refractivity contribution is 0.343. The minimum Gasteiger partial charge on any atom is -0.269 e. The molecule has 21 heavy (non-hydrogen) atoms. The Kier molecular flexibility index (Phi) is 3.88. The predicted octanol–water partition coefficient (Wildman–Crippen LogP) is 1.86. The summed E-state index contributed by atoms with van der Waals surface area (Å²) in [5.41, 5.74) is 0. The topological polar surface area (TPSA) is 76.3 Å². The second kappa shape index (κ2) is 5.53. The Morgan fingerprint density at radius 1 is 1.33 bits per heavy atom. The van der Waals surface area contributed by atoms with E-state index in [4.69, 9.17) is 17.4 Å². The predicted molar refractivity (Wildman–Crippen MR) is 82.7 cm³/mol. The normalized spacial score (nSPS) is 20.2. The van der Waals surface area contributed by atoms with Crippen molar-refractivity contribution in [2.24, 2.45) is 11.8 Å². The lowest BCUT2D eigenvalue weighted by Crippen LogP contribution is -2.29. The number of halogens is 1. The molecule has 0 radical (unpaired) electrons. The Morgan fingerprint density at radius 2 is 2.14 bits per heavy atom. The number of fused-ring (bicyclic) bond motifs is 1. The second-order valence-electron chi connectivity index (χ2n) is 5.38. The molecule has 2 N–H and O–H groups in total. The molecule has 2 aromatic rings. The number of nitrogens with zero attached hydrogens (tertiary/aromatic N) is 2. The number of rotatable bonds is 3. The molecule has 1 aliphatic rings. The highest BCUT2D eigenvalue weighted by atomic mass is 35.5. The average molecular weight is 326 g/mol. The summed E-state index contributed by atoms with van der Waals surface area (Å²) in [4.78, 5) is 4.31. The van der Waals surface area contributed by atoms with Gasteiger partial charge in [-0.2, -0.15) is 0 Å². The summed E-state index contributed by atoms with van der Waals surface area (Å²) in [6.45, 7) is 1.36. The zero-order valence-electron chi connectivity index (χ0n) is 11.4. The van der Waals surface area contributed by atoms with Crippen LogP contribution < -0.4 is 5.84 Å². The molecule has 0 bridgehead atoms. The van der Waals surface area contributed by atoms with E-state index >= 15 is 0 Å². The fourth-order valence-corrected chi connectivity index (χ4v) is 4.90. The van der Waals surface area contributed by atoms with Crippen molar-refractivity contribution < 1.29 is 8.42 Å². The smallest absolute Gasteiger partial charge is 0.179 e. The first-order chi connectivity index (χ1) is 9.97. The molecule has 0 aliphatic carbocycles. The molecule has 5 nitrogen and oxygen atoms in total. The maximum absolute atomic E-state index is 12.7. The van der Waals surface area contributed by atoms with Crippen LogP contribution in [0.4, 0.5) is 0 Å². The number of nitrogens with two attached hydrogens (primary N) is 1. The van der Waals surface area contributed by atoms with Crippen molar-refractivity contribution in [2.75, 3.05) is 18.8 Å². The fraction of sp³-hybridized carbons (Fsp3) is 0.357. The summed E-state index contributed by atoms with van der Waals surface area (Å²) in [7, 11) is -3.38. The summed E-state index contributed by atoms with van der Waals surface area (Å²) in [6.07, 6.45) is 2.34. The van der Waals surface area contributed by atoms with Crippen LogP contribution in [-0.2, 0) is 9.84 Å². The molecule has 1 fully saturated rings. The molecule has 0 spiro atoms. The molecule has 7 heteroatoms. The average Bonchev–Trinajstić information content (AvgIpc) is 2.83. The Bertz CT molecular complexity index is 779. The first-order valence-corrected chi connectivity index (χ1v) is 8.76. The van der Waals surface area contributed by atoms with Crippen LogP contribution in [0.15, 0.2) is 35.4 Å². The minimum absolute atomic E-state index is 0.0764. The Labute approximate surface area is 128 Å². The van der Waals surface area contributed by atoms with Gasteiger partial charge in [0, 0.05) is 30.1 Å². The lowest BCUT2D eigenvalue weighted by atomic mass is 10.2. The van der Waals surface area contributed by atoms with Gasteiger partial charge in [-0.1, -0.05) is 23.7 Å². The van der Waals surface area contributed by atoms with Crippen LogP contribution in [0.5, 0.6) is 0 Å². The second-order valence-corrected chi connectivity index (χ2v) is 7.74. The van der Waals surface area contributed by atoms with E-state index in [1.165, 1.54) is 6.20 Å². The largest absolute Gasteiger partial charge is 0.269 e. The molecule has 0 saturated carbocycles. The van der Waals surface area contributed by atoms with Gasteiger partial charge in [0.25, 0.3) is 0 Å². The van der Waals surface area contributed by atoms with Gasteiger partial charge in [-0.15, -0.1) is 0 Å². The number of benzene rings is 1. The first-order valence-electron chi connectivity index (χ1n) is 6.73. The van der Waals surface area contributed by atoms with Crippen molar-refractivity contribution in [1.82, 2.24) is 9.99 Å².